The van der Waals surface area contributed by atoms with Gasteiger partial charge in [-0.2, -0.15) is 0 Å². The molecule has 1 aliphatic rings. The summed E-state index contributed by atoms with van der Waals surface area (Å²) >= 11 is 0. The highest BCUT2D eigenvalue weighted by atomic mass is 16.5. The smallest absolute Gasteiger partial charge is 0.336 e. The molecule has 1 N–H and O–H groups in total. The first-order chi connectivity index (χ1) is 9.13. The summed E-state index contributed by atoms with van der Waals surface area (Å²) < 4.78 is 6.12. The Morgan fingerprint density at radius 2 is 2.11 bits per heavy atom. The van der Waals surface area contributed by atoms with Crippen LogP contribution in [0, 0.1) is 12.8 Å². The van der Waals surface area contributed by atoms with Gasteiger partial charge in [0.2, 0.25) is 0 Å². The minimum absolute atomic E-state index is 0.237. The van der Waals surface area contributed by atoms with Crippen molar-refractivity contribution in [2.75, 3.05) is 0 Å². The van der Waals surface area contributed by atoms with Crippen LogP contribution in [0.2, 0.25) is 0 Å². The average Bonchev–Trinajstić information content (AvgIpc) is 2.41. The Morgan fingerprint density at radius 3 is 2.79 bits per heavy atom. The normalized spacial score (nSPS) is 23.1. The van der Waals surface area contributed by atoms with Crippen LogP contribution in [0.4, 0.5) is 0 Å². The molecule has 1 fully saturated rings. The van der Waals surface area contributed by atoms with E-state index in [-0.39, 0.29) is 6.10 Å². The maximum Gasteiger partial charge on any atom is 0.336 e. The summed E-state index contributed by atoms with van der Waals surface area (Å²) in [5.41, 5.74) is 1.07. The highest BCUT2D eigenvalue weighted by molar-refractivity contribution is 5.90. The Hall–Kier alpha value is -1.51. The first-order valence-electron chi connectivity index (χ1n) is 7.13. The summed E-state index contributed by atoms with van der Waals surface area (Å²) in [6.07, 6.45) is 6.16. The van der Waals surface area contributed by atoms with Crippen molar-refractivity contribution in [3.05, 3.63) is 29.3 Å². The second-order valence-electron chi connectivity index (χ2n) is 5.34. The van der Waals surface area contributed by atoms with Gasteiger partial charge in [0.15, 0.2) is 0 Å². The van der Waals surface area contributed by atoms with Crippen LogP contribution in [0.3, 0.4) is 0 Å². The monoisotopic (exact) mass is 262 g/mol. The van der Waals surface area contributed by atoms with Crippen molar-refractivity contribution < 1.29 is 14.6 Å². The summed E-state index contributed by atoms with van der Waals surface area (Å²) in [6.45, 7) is 4.02. The van der Waals surface area contributed by atoms with Crippen molar-refractivity contribution in [2.45, 2.75) is 52.1 Å². The minimum Gasteiger partial charge on any atom is -0.490 e. The number of benzene rings is 1. The predicted octanol–water partition coefficient (Wildman–Crippen LogP) is 4.04. The lowest BCUT2D eigenvalue weighted by Crippen LogP contribution is -2.30. The standard InChI is InChI=1S/C16H22O3/c1-3-12-7-4-5-9-15(12)19-14-10-6-8-13(11(14)2)16(17)18/h6,8,10,12,15H,3-5,7,9H2,1-2H3,(H,17,18). The van der Waals surface area contributed by atoms with Crippen molar-refractivity contribution >= 4 is 5.97 Å². The number of carbonyl (C=O) groups is 1. The number of hydrogen-bond acceptors (Lipinski definition) is 2. The molecule has 0 saturated heterocycles. The van der Waals surface area contributed by atoms with E-state index < -0.39 is 5.97 Å². The molecule has 0 bridgehead atoms. The molecule has 1 aromatic carbocycles. The van der Waals surface area contributed by atoms with Gasteiger partial charge in [0.05, 0.1) is 5.56 Å². The van der Waals surface area contributed by atoms with Gasteiger partial charge in [-0.15, -0.1) is 0 Å². The number of rotatable bonds is 4. The van der Waals surface area contributed by atoms with Crippen molar-refractivity contribution in [1.82, 2.24) is 0 Å². The van der Waals surface area contributed by atoms with E-state index >= 15 is 0 Å². The van der Waals surface area contributed by atoms with Crippen molar-refractivity contribution in [1.29, 1.82) is 0 Å². The number of carboxylic acids is 1. The fourth-order valence-corrected chi connectivity index (χ4v) is 2.93. The highest BCUT2D eigenvalue weighted by Crippen LogP contribution is 2.32. The summed E-state index contributed by atoms with van der Waals surface area (Å²) in [7, 11) is 0. The van der Waals surface area contributed by atoms with E-state index in [0.717, 1.165) is 24.2 Å². The minimum atomic E-state index is -0.890. The molecule has 3 heteroatoms. The molecule has 0 aliphatic heterocycles. The summed E-state index contributed by atoms with van der Waals surface area (Å²) in [6, 6.07) is 5.27. The molecular weight excluding hydrogens is 240 g/mol. The van der Waals surface area contributed by atoms with Gasteiger partial charge in [-0.05, 0) is 50.7 Å². The fraction of sp³-hybridized carbons (Fsp3) is 0.562. The molecule has 0 radical (unpaired) electrons. The molecular formula is C16H22O3. The number of carboxylic acid groups (broad SMARTS) is 1. The molecule has 0 heterocycles. The van der Waals surface area contributed by atoms with Crippen LogP contribution in [0.1, 0.15) is 54.9 Å². The maximum absolute atomic E-state index is 11.1. The van der Waals surface area contributed by atoms with E-state index in [9.17, 15) is 4.79 Å². The Morgan fingerprint density at radius 1 is 1.37 bits per heavy atom. The Balaban J connectivity index is 2.18. The number of aromatic carboxylic acids is 1. The molecule has 2 rings (SSSR count). The molecule has 2 atom stereocenters. The maximum atomic E-state index is 11.1. The van der Waals surface area contributed by atoms with Gasteiger partial charge >= 0.3 is 5.97 Å². The molecule has 0 aromatic heterocycles. The van der Waals surface area contributed by atoms with Crippen LogP contribution in [0.5, 0.6) is 5.75 Å². The van der Waals surface area contributed by atoms with Gasteiger partial charge in [0, 0.05) is 5.56 Å². The van der Waals surface area contributed by atoms with Gasteiger partial charge in [0.25, 0.3) is 0 Å². The fourth-order valence-electron chi connectivity index (χ4n) is 2.93. The Labute approximate surface area is 114 Å². The van der Waals surface area contributed by atoms with E-state index in [1.54, 1.807) is 12.1 Å². The molecule has 1 aromatic rings. The topological polar surface area (TPSA) is 46.5 Å². The van der Waals surface area contributed by atoms with E-state index in [0.29, 0.717) is 11.5 Å². The van der Waals surface area contributed by atoms with Gasteiger partial charge < -0.3 is 9.84 Å². The van der Waals surface area contributed by atoms with Crippen LogP contribution >= 0.6 is 0 Å². The Bertz CT molecular complexity index is 453. The molecule has 0 amide bonds. The van der Waals surface area contributed by atoms with Gasteiger partial charge in [0.1, 0.15) is 11.9 Å². The van der Waals surface area contributed by atoms with Gasteiger partial charge in [-0.25, -0.2) is 4.79 Å². The van der Waals surface area contributed by atoms with E-state index in [1.165, 1.54) is 19.3 Å². The molecule has 1 saturated carbocycles. The lowest BCUT2D eigenvalue weighted by atomic mass is 9.84. The molecule has 0 spiro atoms. The molecule has 3 nitrogen and oxygen atoms in total. The largest absolute Gasteiger partial charge is 0.490 e. The zero-order chi connectivity index (χ0) is 13.8. The molecule has 104 valence electrons. The quantitative estimate of drug-likeness (QED) is 0.890. The molecule has 2 unspecified atom stereocenters. The lowest BCUT2D eigenvalue weighted by molar-refractivity contribution is 0.0691. The SMILES string of the molecule is CCC1CCCCC1Oc1cccc(C(=O)O)c1C. The van der Waals surface area contributed by atoms with Gasteiger partial charge in [-0.1, -0.05) is 19.4 Å². The highest BCUT2D eigenvalue weighted by Gasteiger charge is 2.26. The van der Waals surface area contributed by atoms with Crippen LogP contribution < -0.4 is 4.74 Å². The number of hydrogen-bond donors (Lipinski definition) is 1. The first kappa shape index (κ1) is 13.9. The third-order valence-electron chi connectivity index (χ3n) is 4.16. The average molecular weight is 262 g/mol. The van der Waals surface area contributed by atoms with Crippen LogP contribution in [-0.2, 0) is 0 Å². The molecule has 1 aliphatic carbocycles. The predicted molar refractivity (Wildman–Crippen MR) is 74.8 cm³/mol. The first-order valence-corrected chi connectivity index (χ1v) is 7.13. The van der Waals surface area contributed by atoms with E-state index in [4.69, 9.17) is 9.84 Å². The second-order valence-corrected chi connectivity index (χ2v) is 5.34. The summed E-state index contributed by atoms with van der Waals surface area (Å²) in [4.78, 5) is 11.1. The number of ether oxygens (including phenoxy) is 1. The zero-order valence-corrected chi connectivity index (χ0v) is 11.7. The third kappa shape index (κ3) is 3.09. The van der Waals surface area contributed by atoms with Crippen LogP contribution in [0.25, 0.3) is 0 Å². The van der Waals surface area contributed by atoms with E-state index in [2.05, 4.69) is 6.92 Å². The second kappa shape index (κ2) is 6.09. The zero-order valence-electron chi connectivity index (χ0n) is 11.7. The van der Waals surface area contributed by atoms with Gasteiger partial charge in [-0.3, -0.25) is 0 Å². The molecule has 19 heavy (non-hydrogen) atoms. The third-order valence-corrected chi connectivity index (χ3v) is 4.16. The van der Waals surface area contributed by atoms with Crippen LogP contribution in [-0.4, -0.2) is 17.2 Å². The summed E-state index contributed by atoms with van der Waals surface area (Å²) in [5, 5.41) is 9.14. The van der Waals surface area contributed by atoms with Crippen molar-refractivity contribution in [2.24, 2.45) is 5.92 Å². The van der Waals surface area contributed by atoms with Crippen LogP contribution in [0.15, 0.2) is 18.2 Å². The lowest BCUT2D eigenvalue weighted by Gasteiger charge is -2.31. The Kier molecular flexibility index (Phi) is 4.46. The van der Waals surface area contributed by atoms with Crippen molar-refractivity contribution in [3.8, 4) is 5.75 Å². The van der Waals surface area contributed by atoms with E-state index in [1.807, 2.05) is 13.0 Å². The van der Waals surface area contributed by atoms with Crippen molar-refractivity contribution in [3.63, 3.8) is 0 Å². The summed E-state index contributed by atoms with van der Waals surface area (Å²) in [5.74, 6) is 0.436.